The van der Waals surface area contributed by atoms with Crippen LogP contribution >= 0.6 is 0 Å². The van der Waals surface area contributed by atoms with Crippen LogP contribution in [0.25, 0.3) is 44.6 Å². The number of methoxy groups -OCH3 is 2. The molecule has 0 atom stereocenters. The molecule has 0 unspecified atom stereocenters. The zero-order valence-electron chi connectivity index (χ0n) is 28.7. The van der Waals surface area contributed by atoms with Gasteiger partial charge >= 0.3 is 0 Å². The maximum absolute atomic E-state index is 8.92. The molecule has 53 heavy (non-hydrogen) atoms. The van der Waals surface area contributed by atoms with Crippen LogP contribution in [0.15, 0.2) is 73.8 Å². The zero-order chi connectivity index (χ0) is 35.0. The first-order chi connectivity index (χ1) is 25.2. The Kier molecular flexibility index (Phi) is 12.9. The molecule has 14 heteroatoms. The van der Waals surface area contributed by atoms with Crippen molar-refractivity contribution in [3.63, 3.8) is 0 Å². The minimum atomic E-state index is 0. The molecule has 274 valence electrons. The first-order valence-corrected chi connectivity index (χ1v) is 17.0. The van der Waals surface area contributed by atoms with Gasteiger partial charge in [-0.3, -0.25) is 24.8 Å². The highest BCUT2D eigenvalue weighted by molar-refractivity contribution is 5.96. The highest BCUT2D eigenvalue weighted by atomic mass is 16.5. The van der Waals surface area contributed by atoms with Crippen molar-refractivity contribution in [2.45, 2.75) is 34.1 Å². The number of nitrogens with zero attached hydrogens (tertiary/aromatic N) is 12. The average Bonchev–Trinajstić information content (AvgIpc) is 3.21. The van der Waals surface area contributed by atoms with Gasteiger partial charge in [0.05, 0.1) is 73.4 Å². The van der Waals surface area contributed by atoms with E-state index in [1.807, 2.05) is 24.3 Å². The molecule has 2 aliphatic rings. The van der Waals surface area contributed by atoms with E-state index in [2.05, 4.69) is 40.7 Å². The lowest BCUT2D eigenvalue weighted by Crippen LogP contribution is -2.46. The monoisotopic (exact) mass is 714 g/mol. The highest BCUT2D eigenvalue weighted by Gasteiger charge is 2.24. The van der Waals surface area contributed by atoms with E-state index >= 15 is 0 Å². The Morgan fingerprint density at radius 1 is 0.585 bits per heavy atom. The summed E-state index contributed by atoms with van der Waals surface area (Å²) >= 11 is 0. The second kappa shape index (κ2) is 17.9. The number of piperazine rings is 1. The molecule has 2 fully saturated rings. The van der Waals surface area contributed by atoms with Gasteiger partial charge in [0, 0.05) is 75.2 Å². The quantitative estimate of drug-likeness (QED) is 0.175. The number of aromatic nitrogens is 8. The number of nitriles is 1. The third-order valence-electron chi connectivity index (χ3n) is 9.04. The van der Waals surface area contributed by atoms with E-state index in [-0.39, 0.29) is 14.9 Å². The van der Waals surface area contributed by atoms with Gasteiger partial charge in [-0.1, -0.05) is 14.9 Å². The normalized spacial score (nSPS) is 14.3. The molecule has 6 aromatic heterocycles. The summed E-state index contributed by atoms with van der Waals surface area (Å²) in [4.78, 5) is 42.5. The van der Waals surface area contributed by atoms with Crippen molar-refractivity contribution in [3.05, 3.63) is 73.8 Å². The van der Waals surface area contributed by atoms with Crippen molar-refractivity contribution in [1.29, 1.82) is 5.26 Å². The molecular formula is C39H46N12O2. The van der Waals surface area contributed by atoms with Crippen LogP contribution in [0.5, 0.6) is 11.5 Å². The Hall–Kier alpha value is -6.07. The van der Waals surface area contributed by atoms with Gasteiger partial charge in [0.15, 0.2) is 11.6 Å². The van der Waals surface area contributed by atoms with Gasteiger partial charge in [-0.05, 0) is 43.5 Å². The number of hydrogen-bond acceptors (Lipinski definition) is 14. The van der Waals surface area contributed by atoms with Crippen molar-refractivity contribution in [3.8, 4) is 40.3 Å². The third-order valence-corrected chi connectivity index (χ3v) is 9.04. The predicted octanol–water partition coefficient (Wildman–Crippen LogP) is 6.10. The molecule has 14 nitrogen and oxygen atoms in total. The third kappa shape index (κ3) is 8.37. The van der Waals surface area contributed by atoms with Gasteiger partial charge in [-0.25, -0.2) is 19.9 Å². The van der Waals surface area contributed by atoms with Gasteiger partial charge in [-0.2, -0.15) is 5.26 Å². The molecule has 0 spiro atoms. The number of pyridine rings is 4. The molecule has 0 amide bonds. The first kappa shape index (κ1) is 38.2. The zero-order valence-corrected chi connectivity index (χ0v) is 28.7. The Morgan fingerprint density at radius 2 is 1.04 bits per heavy atom. The molecule has 0 saturated carbocycles. The Balaban J connectivity index is 0.000000198. The van der Waals surface area contributed by atoms with Crippen LogP contribution in [0.3, 0.4) is 0 Å². The molecule has 0 radical (unpaired) electrons. The second-order valence-electron chi connectivity index (χ2n) is 12.2. The maximum Gasteiger partial charge on any atom is 0.162 e. The minimum Gasteiger partial charge on any atom is -0.494 e. The Bertz CT molecular complexity index is 2130. The lowest BCUT2D eigenvalue weighted by Gasteiger charge is -2.34. The number of hydrogen-bond donors (Lipinski definition) is 0. The summed E-state index contributed by atoms with van der Waals surface area (Å²) in [7, 11) is 3.29. The summed E-state index contributed by atoms with van der Waals surface area (Å²) in [6, 6.07) is 9.85. The molecule has 0 aliphatic carbocycles. The van der Waals surface area contributed by atoms with Crippen LogP contribution in [0.4, 0.5) is 11.6 Å². The number of ether oxygens (including phenoxy) is 2. The van der Waals surface area contributed by atoms with E-state index < -0.39 is 0 Å². The van der Waals surface area contributed by atoms with E-state index in [1.54, 1.807) is 63.8 Å². The number of rotatable bonds is 7. The van der Waals surface area contributed by atoms with Crippen molar-refractivity contribution in [2.75, 3.05) is 69.8 Å². The van der Waals surface area contributed by atoms with Crippen LogP contribution in [0.2, 0.25) is 0 Å². The largest absolute Gasteiger partial charge is 0.494 e. The van der Waals surface area contributed by atoms with E-state index in [0.29, 0.717) is 29.7 Å². The van der Waals surface area contributed by atoms with E-state index in [9.17, 15) is 0 Å². The molecular weight excluding hydrogens is 669 g/mol. The fraction of sp³-hybridized carbons (Fsp3) is 0.359. The van der Waals surface area contributed by atoms with Gasteiger partial charge in [0.1, 0.15) is 23.1 Å². The van der Waals surface area contributed by atoms with Gasteiger partial charge in [0.25, 0.3) is 0 Å². The van der Waals surface area contributed by atoms with Crippen molar-refractivity contribution >= 4 is 33.4 Å². The smallest absolute Gasteiger partial charge is 0.162 e. The molecule has 6 aromatic rings. The lowest BCUT2D eigenvalue weighted by molar-refractivity contribution is 0.286. The number of anilines is 2. The number of fused-ring (bicyclic) bond motifs is 2. The van der Waals surface area contributed by atoms with E-state index in [1.165, 1.54) is 19.3 Å². The van der Waals surface area contributed by atoms with Crippen LogP contribution < -0.4 is 19.3 Å². The topological polar surface area (TPSA) is 155 Å². The maximum atomic E-state index is 8.92. The summed E-state index contributed by atoms with van der Waals surface area (Å²) in [5.41, 5.74) is 3.40. The fourth-order valence-corrected chi connectivity index (χ4v) is 6.42. The van der Waals surface area contributed by atoms with Gasteiger partial charge in [0.2, 0.25) is 0 Å². The molecule has 8 heterocycles. The van der Waals surface area contributed by atoms with Crippen LogP contribution in [-0.4, -0.2) is 105 Å². The fourth-order valence-electron chi connectivity index (χ4n) is 6.42. The highest BCUT2D eigenvalue weighted by Crippen LogP contribution is 2.36. The summed E-state index contributed by atoms with van der Waals surface area (Å²) in [5, 5.41) is 10.7. The molecule has 0 N–H and O–H groups in total. The minimum absolute atomic E-state index is 0. The molecule has 8 rings (SSSR count). The van der Waals surface area contributed by atoms with Crippen LogP contribution in [0.1, 0.15) is 34.1 Å². The second-order valence-corrected chi connectivity index (χ2v) is 12.2. The van der Waals surface area contributed by atoms with Crippen molar-refractivity contribution in [2.24, 2.45) is 0 Å². The summed E-state index contributed by atoms with van der Waals surface area (Å²) < 4.78 is 11.1. The molecule has 0 aromatic carbocycles. The Morgan fingerprint density at radius 3 is 1.47 bits per heavy atom. The van der Waals surface area contributed by atoms with Gasteiger partial charge in [-0.15, -0.1) is 0 Å². The SMILES string of the molecule is C.C.COc1cncc2nc(-c3ccncc3)nc(N3CCCCC3)c12.COc1cncc2nc(-c3ccncc3)nc(N3CCN(CC#N)CC3)c12. The number of piperidine rings is 1. The summed E-state index contributed by atoms with van der Waals surface area (Å²) in [5.74, 6) is 4.47. The van der Waals surface area contributed by atoms with Crippen molar-refractivity contribution in [1.82, 2.24) is 44.8 Å². The summed E-state index contributed by atoms with van der Waals surface area (Å²) in [6.07, 6.45) is 17.5. The lowest BCUT2D eigenvalue weighted by atomic mass is 10.1. The van der Waals surface area contributed by atoms with Crippen LogP contribution in [0, 0.1) is 11.3 Å². The van der Waals surface area contributed by atoms with Crippen molar-refractivity contribution < 1.29 is 9.47 Å². The Labute approximate surface area is 310 Å². The molecule has 0 bridgehead atoms. The van der Waals surface area contributed by atoms with E-state index in [4.69, 9.17) is 34.7 Å². The first-order valence-electron chi connectivity index (χ1n) is 17.0. The van der Waals surface area contributed by atoms with Gasteiger partial charge < -0.3 is 19.3 Å². The predicted molar refractivity (Wildman–Crippen MR) is 208 cm³/mol. The summed E-state index contributed by atoms with van der Waals surface area (Å²) in [6.45, 7) is 5.67. The van der Waals surface area contributed by atoms with Crippen LogP contribution in [-0.2, 0) is 0 Å². The average molecular weight is 715 g/mol. The van der Waals surface area contributed by atoms with E-state index in [0.717, 1.165) is 83.8 Å². The standard InChI is InChI=1S/C19H19N7O.C18H19N5O.2CH4/c1-27-16-13-22-12-15-17(16)19(26-10-8-25(7-4-20)9-11-26)24-18(23-15)14-2-5-21-6-3-14;1-24-15-12-20-11-14-16(15)18(23-9-3-2-4-10-23)22-17(21-14)13-5-7-19-8-6-13;;/h2-3,5-6,12-13H,7-11H2,1H3;5-8,11-12H,2-4,9-10H2,1H3;2*1H4. The molecule has 2 aliphatic heterocycles. The molecule has 2 saturated heterocycles.